The molecular weight excluding hydrogens is 523 g/mol. The van der Waals surface area contributed by atoms with Crippen LogP contribution in [0.1, 0.15) is 41.3 Å². The van der Waals surface area contributed by atoms with E-state index in [0.717, 1.165) is 29.4 Å². The van der Waals surface area contributed by atoms with Crippen molar-refractivity contribution in [1.82, 2.24) is 19.0 Å². The van der Waals surface area contributed by atoms with Crippen molar-refractivity contribution in [2.24, 2.45) is 18.7 Å². The van der Waals surface area contributed by atoms with E-state index in [1.54, 1.807) is 24.3 Å². The van der Waals surface area contributed by atoms with Gasteiger partial charge in [-0.3, -0.25) is 4.79 Å². The number of hydrogen-bond donors (Lipinski definition) is 2. The van der Waals surface area contributed by atoms with Gasteiger partial charge in [-0.15, -0.1) is 0 Å². The van der Waals surface area contributed by atoms with Crippen LogP contribution in [0.15, 0.2) is 36.4 Å². The highest BCUT2D eigenvalue weighted by atomic mass is 19.3. The Labute approximate surface area is 229 Å². The molecule has 0 bridgehead atoms. The third kappa shape index (κ3) is 4.71. The van der Waals surface area contributed by atoms with Crippen LogP contribution in [0.3, 0.4) is 0 Å². The first-order valence-electron chi connectivity index (χ1n) is 13.5. The van der Waals surface area contributed by atoms with E-state index in [2.05, 4.69) is 4.57 Å². The highest BCUT2D eigenvalue weighted by Crippen LogP contribution is 2.39. The summed E-state index contributed by atoms with van der Waals surface area (Å²) < 4.78 is 50.3. The molecule has 3 heterocycles. The zero-order valence-corrected chi connectivity index (χ0v) is 22.4. The summed E-state index contributed by atoms with van der Waals surface area (Å²) in [5.41, 5.74) is 9.22. The molecule has 2 fully saturated rings. The Morgan fingerprint density at radius 3 is 2.65 bits per heavy atom. The van der Waals surface area contributed by atoms with Crippen LogP contribution < -0.4 is 10.5 Å². The average Bonchev–Trinajstić information content (AvgIpc) is 3.60. The number of nitrogens with zero attached hydrogens (tertiary/aromatic N) is 4. The zero-order chi connectivity index (χ0) is 28.3. The number of ether oxygens (including phenoxy) is 1. The molecule has 2 aromatic heterocycles. The van der Waals surface area contributed by atoms with E-state index in [-0.39, 0.29) is 31.0 Å². The monoisotopic (exact) mass is 555 g/mol. The number of halogens is 3. The standard InChI is InChI=1S/C29H32F3N5O3/c1-35-25-21(7-18(10-24(25)40-2)29(39)36-13-19(30)11-20(33)14-36)34-28(35)23-8-16-5-6-17(26(38)27(31)32)9-22(16)37(23)12-15-3-4-15/h5-10,15,19-20,26-27,38H,3-4,11-14,33H2,1-2H3/t19-,20-,26?/m1/s1. The molecule has 1 unspecified atom stereocenters. The van der Waals surface area contributed by atoms with Crippen molar-refractivity contribution in [3.05, 3.63) is 47.5 Å². The maximum absolute atomic E-state index is 14.2. The summed E-state index contributed by atoms with van der Waals surface area (Å²) in [7, 11) is 3.38. The van der Waals surface area contributed by atoms with Gasteiger partial charge in [-0.2, -0.15) is 0 Å². The van der Waals surface area contributed by atoms with Gasteiger partial charge in [0, 0.05) is 42.6 Å². The fourth-order valence-corrected chi connectivity index (χ4v) is 5.78. The van der Waals surface area contributed by atoms with Crippen molar-refractivity contribution in [2.75, 3.05) is 20.2 Å². The molecule has 212 valence electrons. The van der Waals surface area contributed by atoms with E-state index >= 15 is 0 Å². The van der Waals surface area contributed by atoms with Crippen LogP contribution in [0, 0.1) is 5.92 Å². The summed E-state index contributed by atoms with van der Waals surface area (Å²) in [5.74, 6) is 1.21. The van der Waals surface area contributed by atoms with Crippen molar-refractivity contribution in [3.63, 3.8) is 0 Å². The molecule has 40 heavy (non-hydrogen) atoms. The molecule has 3 N–H and O–H groups in total. The Morgan fingerprint density at radius 1 is 1.20 bits per heavy atom. The lowest BCUT2D eigenvalue weighted by Crippen LogP contribution is -2.50. The van der Waals surface area contributed by atoms with Crippen LogP contribution in [0.2, 0.25) is 0 Å². The Morgan fingerprint density at radius 2 is 1.98 bits per heavy atom. The average molecular weight is 556 g/mol. The van der Waals surface area contributed by atoms with Crippen molar-refractivity contribution in [1.29, 1.82) is 0 Å². The van der Waals surface area contributed by atoms with E-state index in [9.17, 15) is 23.1 Å². The highest BCUT2D eigenvalue weighted by Gasteiger charge is 2.31. The van der Waals surface area contributed by atoms with Crippen LogP contribution in [0.4, 0.5) is 13.2 Å². The third-order valence-corrected chi connectivity index (χ3v) is 8.00. The molecule has 4 aromatic rings. The minimum Gasteiger partial charge on any atom is -0.494 e. The number of methoxy groups -OCH3 is 1. The number of aliphatic hydroxyl groups excluding tert-OH is 1. The van der Waals surface area contributed by atoms with Gasteiger partial charge < -0.3 is 29.6 Å². The number of benzene rings is 2. The molecule has 0 radical (unpaired) electrons. The molecule has 1 amide bonds. The second-order valence-electron chi connectivity index (χ2n) is 11.0. The first-order chi connectivity index (χ1) is 19.1. The first kappa shape index (κ1) is 26.6. The molecule has 0 spiro atoms. The molecule has 1 saturated carbocycles. The maximum atomic E-state index is 14.2. The Bertz CT molecular complexity index is 1590. The van der Waals surface area contributed by atoms with Gasteiger partial charge in [0.1, 0.15) is 23.5 Å². The second-order valence-corrected chi connectivity index (χ2v) is 11.0. The number of amides is 1. The number of aliphatic hydroxyl groups is 1. The van der Waals surface area contributed by atoms with E-state index in [4.69, 9.17) is 15.5 Å². The number of aromatic nitrogens is 3. The molecule has 1 aliphatic heterocycles. The van der Waals surface area contributed by atoms with Gasteiger partial charge in [0.05, 0.1) is 24.9 Å². The van der Waals surface area contributed by atoms with Gasteiger partial charge in [0.15, 0.2) is 5.82 Å². The van der Waals surface area contributed by atoms with Gasteiger partial charge in [-0.05, 0) is 55.0 Å². The third-order valence-electron chi connectivity index (χ3n) is 8.00. The number of carbonyl (C=O) groups is 1. The van der Waals surface area contributed by atoms with E-state index in [0.29, 0.717) is 40.6 Å². The number of aryl methyl sites for hydroxylation is 1. The fraction of sp³-hybridized carbons (Fsp3) is 0.448. The first-order valence-corrected chi connectivity index (χ1v) is 13.5. The predicted octanol–water partition coefficient (Wildman–Crippen LogP) is 4.42. The Balaban J connectivity index is 1.46. The molecule has 6 rings (SSSR count). The number of alkyl halides is 3. The van der Waals surface area contributed by atoms with Gasteiger partial charge in [0.25, 0.3) is 12.3 Å². The van der Waals surface area contributed by atoms with Crippen molar-refractivity contribution >= 4 is 27.8 Å². The zero-order valence-electron chi connectivity index (χ0n) is 22.4. The number of carbonyl (C=O) groups excluding carboxylic acids is 1. The van der Waals surface area contributed by atoms with Crippen molar-refractivity contribution < 1.29 is 27.8 Å². The van der Waals surface area contributed by atoms with Crippen molar-refractivity contribution in [3.8, 4) is 17.3 Å². The molecule has 2 aliphatic rings. The number of imidazole rings is 1. The lowest BCUT2D eigenvalue weighted by Gasteiger charge is -2.33. The van der Waals surface area contributed by atoms with Crippen molar-refractivity contribution in [2.45, 2.75) is 50.6 Å². The summed E-state index contributed by atoms with van der Waals surface area (Å²) >= 11 is 0. The quantitative estimate of drug-likeness (QED) is 0.352. The van der Waals surface area contributed by atoms with Gasteiger partial charge >= 0.3 is 0 Å². The topological polar surface area (TPSA) is 98.5 Å². The lowest BCUT2D eigenvalue weighted by molar-refractivity contribution is -0.00571. The SMILES string of the molecule is COc1cc(C(=O)N2C[C@H](N)C[C@@H](F)C2)cc2nc(-c3cc4ccc(C(O)C(F)F)cc4n3CC3CC3)n(C)c12. The van der Waals surface area contributed by atoms with E-state index in [1.165, 1.54) is 18.1 Å². The largest absolute Gasteiger partial charge is 0.494 e. The minimum atomic E-state index is -2.88. The minimum absolute atomic E-state index is 0.0100. The smallest absolute Gasteiger partial charge is 0.268 e. The Hall–Kier alpha value is -3.57. The molecule has 1 aliphatic carbocycles. The highest BCUT2D eigenvalue weighted by molar-refractivity contribution is 6.00. The summed E-state index contributed by atoms with van der Waals surface area (Å²) in [6.45, 7) is 0.956. The molecular formula is C29H32F3N5O3. The van der Waals surface area contributed by atoms with Crippen LogP contribution in [-0.4, -0.2) is 68.9 Å². The van der Waals surface area contributed by atoms with Crippen LogP contribution >= 0.6 is 0 Å². The summed E-state index contributed by atoms with van der Waals surface area (Å²) in [6, 6.07) is 9.75. The van der Waals surface area contributed by atoms with Gasteiger partial charge in [-0.25, -0.2) is 18.2 Å². The second kappa shape index (κ2) is 10.1. The van der Waals surface area contributed by atoms with Gasteiger partial charge in [0.2, 0.25) is 0 Å². The summed E-state index contributed by atoms with van der Waals surface area (Å²) in [6.07, 6.45) is -3.52. The number of likely N-dealkylation sites (tertiary alicyclic amines) is 1. The van der Waals surface area contributed by atoms with Gasteiger partial charge in [-0.1, -0.05) is 12.1 Å². The molecule has 1 saturated heterocycles. The molecule has 8 nitrogen and oxygen atoms in total. The lowest BCUT2D eigenvalue weighted by atomic mass is 10.0. The maximum Gasteiger partial charge on any atom is 0.268 e. The number of hydrogen-bond acceptors (Lipinski definition) is 5. The molecule has 3 atom stereocenters. The van der Waals surface area contributed by atoms with Crippen LogP contribution in [0.25, 0.3) is 33.5 Å². The summed E-state index contributed by atoms with van der Waals surface area (Å²) in [4.78, 5) is 19.7. The normalized spacial score (nSPS) is 20.6. The number of piperidine rings is 1. The molecule has 11 heteroatoms. The number of nitrogens with two attached hydrogens (primary N) is 1. The van der Waals surface area contributed by atoms with Crippen LogP contribution in [-0.2, 0) is 13.6 Å². The van der Waals surface area contributed by atoms with E-state index in [1.807, 2.05) is 17.7 Å². The predicted molar refractivity (Wildman–Crippen MR) is 145 cm³/mol. The number of fused-ring (bicyclic) bond motifs is 2. The van der Waals surface area contributed by atoms with E-state index < -0.39 is 24.7 Å². The summed E-state index contributed by atoms with van der Waals surface area (Å²) in [5, 5.41) is 10.9. The molecule has 2 aromatic carbocycles. The number of rotatable bonds is 7. The van der Waals surface area contributed by atoms with Crippen LogP contribution in [0.5, 0.6) is 5.75 Å². The Kier molecular flexibility index (Phi) is 6.74. The fourth-order valence-electron chi connectivity index (χ4n) is 5.78.